The van der Waals surface area contributed by atoms with Gasteiger partial charge >= 0.3 is 5.97 Å². The molecule has 16 heavy (non-hydrogen) atoms. The van der Waals surface area contributed by atoms with Gasteiger partial charge in [0.15, 0.2) is 0 Å². The Morgan fingerprint density at radius 2 is 1.88 bits per heavy atom. The van der Waals surface area contributed by atoms with E-state index in [0.717, 1.165) is 5.56 Å². The van der Waals surface area contributed by atoms with Crippen LogP contribution in [-0.4, -0.2) is 27.3 Å². The maximum Gasteiger partial charge on any atom is 0.320 e. The first-order valence-corrected chi connectivity index (χ1v) is 4.89. The van der Waals surface area contributed by atoms with Crippen LogP contribution < -0.4 is 5.73 Å². The van der Waals surface area contributed by atoms with E-state index in [-0.39, 0.29) is 19.6 Å². The third-order valence-corrected chi connectivity index (χ3v) is 2.38. The lowest BCUT2D eigenvalue weighted by molar-refractivity contribution is -0.138. The van der Waals surface area contributed by atoms with Gasteiger partial charge in [-0.25, -0.2) is 0 Å². The zero-order chi connectivity index (χ0) is 12.1. The molecule has 0 spiro atoms. The summed E-state index contributed by atoms with van der Waals surface area (Å²) in [5, 5.41) is 26.7. The van der Waals surface area contributed by atoms with Gasteiger partial charge in [-0.3, -0.25) is 4.79 Å². The molecular formula is C11H15NO4. The second-order valence-corrected chi connectivity index (χ2v) is 3.57. The van der Waals surface area contributed by atoms with Crippen molar-refractivity contribution in [3.05, 3.63) is 34.9 Å². The lowest BCUT2D eigenvalue weighted by Gasteiger charge is -2.10. The number of hydrogen-bond donors (Lipinski definition) is 4. The van der Waals surface area contributed by atoms with Crippen LogP contribution in [0.25, 0.3) is 0 Å². The molecule has 0 fully saturated rings. The van der Waals surface area contributed by atoms with E-state index >= 15 is 0 Å². The van der Waals surface area contributed by atoms with Crippen LogP contribution in [-0.2, 0) is 24.4 Å². The van der Waals surface area contributed by atoms with Crippen LogP contribution in [0.2, 0.25) is 0 Å². The summed E-state index contributed by atoms with van der Waals surface area (Å²) in [4.78, 5) is 10.6. The number of aliphatic hydroxyl groups is 2. The predicted octanol–water partition coefficient (Wildman–Crippen LogP) is -0.374. The first kappa shape index (κ1) is 12.6. The van der Waals surface area contributed by atoms with Crippen molar-refractivity contribution >= 4 is 5.97 Å². The fourth-order valence-electron chi connectivity index (χ4n) is 1.45. The third-order valence-electron chi connectivity index (χ3n) is 2.38. The lowest BCUT2D eigenvalue weighted by atomic mass is 10.0. The van der Waals surface area contributed by atoms with Crippen molar-refractivity contribution in [2.24, 2.45) is 5.73 Å². The summed E-state index contributed by atoms with van der Waals surface area (Å²) < 4.78 is 0. The third kappa shape index (κ3) is 3.03. The van der Waals surface area contributed by atoms with E-state index in [4.69, 9.17) is 21.1 Å². The van der Waals surface area contributed by atoms with Gasteiger partial charge in [0.05, 0.1) is 13.2 Å². The van der Waals surface area contributed by atoms with E-state index in [0.29, 0.717) is 11.1 Å². The molecule has 5 nitrogen and oxygen atoms in total. The number of aliphatic carboxylic acids is 1. The van der Waals surface area contributed by atoms with Gasteiger partial charge in [-0.2, -0.15) is 0 Å². The Labute approximate surface area is 93.1 Å². The number of nitrogens with two attached hydrogens (primary N) is 1. The Bertz CT molecular complexity index is 378. The second kappa shape index (κ2) is 5.60. The number of hydrogen-bond acceptors (Lipinski definition) is 4. The van der Waals surface area contributed by atoms with Crippen LogP contribution in [0.4, 0.5) is 0 Å². The first-order valence-electron chi connectivity index (χ1n) is 4.89. The topological polar surface area (TPSA) is 104 Å². The Morgan fingerprint density at radius 3 is 2.38 bits per heavy atom. The predicted molar refractivity (Wildman–Crippen MR) is 57.6 cm³/mol. The van der Waals surface area contributed by atoms with Gasteiger partial charge in [0.2, 0.25) is 0 Å². The molecule has 0 radical (unpaired) electrons. The van der Waals surface area contributed by atoms with Crippen LogP contribution in [0.5, 0.6) is 0 Å². The second-order valence-electron chi connectivity index (χ2n) is 3.57. The minimum Gasteiger partial charge on any atom is -0.480 e. The largest absolute Gasteiger partial charge is 0.480 e. The monoisotopic (exact) mass is 225 g/mol. The van der Waals surface area contributed by atoms with Gasteiger partial charge in [0.25, 0.3) is 0 Å². The smallest absolute Gasteiger partial charge is 0.320 e. The summed E-state index contributed by atoms with van der Waals surface area (Å²) in [7, 11) is 0. The molecule has 0 aliphatic heterocycles. The highest BCUT2D eigenvalue weighted by atomic mass is 16.4. The molecule has 88 valence electrons. The van der Waals surface area contributed by atoms with Crippen molar-refractivity contribution in [1.29, 1.82) is 0 Å². The Balaban J connectivity index is 2.86. The average molecular weight is 225 g/mol. The van der Waals surface area contributed by atoms with Gasteiger partial charge < -0.3 is 21.1 Å². The number of carboxylic acids is 1. The van der Waals surface area contributed by atoms with Crippen molar-refractivity contribution in [3.8, 4) is 0 Å². The van der Waals surface area contributed by atoms with Crippen molar-refractivity contribution in [1.82, 2.24) is 0 Å². The zero-order valence-corrected chi connectivity index (χ0v) is 8.76. The fraction of sp³-hybridized carbons (Fsp3) is 0.364. The summed E-state index contributed by atoms with van der Waals surface area (Å²) in [5.41, 5.74) is 7.36. The molecule has 0 saturated carbocycles. The van der Waals surface area contributed by atoms with Gasteiger partial charge in [-0.1, -0.05) is 18.2 Å². The Hall–Kier alpha value is -1.43. The van der Waals surface area contributed by atoms with E-state index in [1.165, 1.54) is 0 Å². The molecule has 0 saturated heterocycles. The molecule has 0 aromatic heterocycles. The molecule has 5 heteroatoms. The van der Waals surface area contributed by atoms with Gasteiger partial charge in [0.1, 0.15) is 6.04 Å². The maximum atomic E-state index is 10.6. The highest BCUT2D eigenvalue weighted by Gasteiger charge is 2.12. The summed E-state index contributed by atoms with van der Waals surface area (Å²) in [5.74, 6) is -1.06. The van der Waals surface area contributed by atoms with Crippen LogP contribution in [0, 0.1) is 0 Å². The Kier molecular flexibility index (Phi) is 4.42. The molecule has 0 unspecified atom stereocenters. The molecule has 1 aromatic carbocycles. The van der Waals surface area contributed by atoms with Crippen LogP contribution in [0.15, 0.2) is 18.2 Å². The van der Waals surface area contributed by atoms with Crippen LogP contribution >= 0.6 is 0 Å². The molecule has 0 aliphatic rings. The summed E-state index contributed by atoms with van der Waals surface area (Å²) in [6.45, 7) is -0.340. The number of carboxylic acid groups (broad SMARTS) is 1. The van der Waals surface area contributed by atoms with E-state index in [1.807, 2.05) is 0 Å². The molecule has 1 atom stereocenters. The molecular weight excluding hydrogens is 210 g/mol. The number of benzene rings is 1. The van der Waals surface area contributed by atoms with E-state index < -0.39 is 12.0 Å². The molecule has 0 bridgehead atoms. The molecule has 5 N–H and O–H groups in total. The van der Waals surface area contributed by atoms with Crippen molar-refractivity contribution in [3.63, 3.8) is 0 Å². The van der Waals surface area contributed by atoms with E-state index in [1.54, 1.807) is 18.2 Å². The first-order chi connectivity index (χ1) is 7.58. The minimum atomic E-state index is -1.06. The van der Waals surface area contributed by atoms with E-state index in [9.17, 15) is 4.79 Å². The van der Waals surface area contributed by atoms with Crippen LogP contribution in [0.3, 0.4) is 0 Å². The Morgan fingerprint density at radius 1 is 1.25 bits per heavy atom. The number of carbonyl (C=O) groups is 1. The van der Waals surface area contributed by atoms with E-state index in [2.05, 4.69) is 0 Å². The van der Waals surface area contributed by atoms with Gasteiger partial charge in [-0.15, -0.1) is 0 Å². The normalized spacial score (nSPS) is 12.4. The zero-order valence-electron chi connectivity index (χ0n) is 8.76. The van der Waals surface area contributed by atoms with Gasteiger partial charge in [-0.05, 0) is 23.1 Å². The number of rotatable bonds is 5. The van der Waals surface area contributed by atoms with Crippen molar-refractivity contribution < 1.29 is 20.1 Å². The summed E-state index contributed by atoms with van der Waals surface area (Å²) >= 11 is 0. The minimum absolute atomic E-state index is 0.152. The summed E-state index contributed by atoms with van der Waals surface area (Å²) in [6.07, 6.45) is 0.202. The van der Waals surface area contributed by atoms with Crippen LogP contribution in [0.1, 0.15) is 16.7 Å². The maximum absolute atomic E-state index is 10.6. The number of aliphatic hydroxyl groups excluding tert-OH is 2. The van der Waals surface area contributed by atoms with Crippen molar-refractivity contribution in [2.75, 3.05) is 0 Å². The quantitative estimate of drug-likeness (QED) is 0.547. The highest BCUT2D eigenvalue weighted by Crippen LogP contribution is 2.13. The molecule has 0 heterocycles. The molecule has 0 amide bonds. The standard InChI is InChI=1S/C11H15NO4/c12-10(11(15)16)4-7-1-2-8(5-13)9(3-7)6-14/h1-3,10,13-14H,4-6,12H2,(H,15,16)/t10-/m0/s1. The SMILES string of the molecule is N[C@@H](Cc1ccc(CO)c(CO)c1)C(=O)O. The molecule has 1 aromatic rings. The average Bonchev–Trinajstić information content (AvgIpc) is 2.28. The van der Waals surface area contributed by atoms with Gasteiger partial charge in [0, 0.05) is 0 Å². The molecule has 1 rings (SSSR count). The highest BCUT2D eigenvalue weighted by molar-refractivity contribution is 5.73. The lowest BCUT2D eigenvalue weighted by Crippen LogP contribution is -2.32. The van der Waals surface area contributed by atoms with Crippen molar-refractivity contribution in [2.45, 2.75) is 25.7 Å². The molecule has 0 aliphatic carbocycles. The summed E-state index contributed by atoms with van der Waals surface area (Å²) in [6, 6.07) is 4.07. The fourth-order valence-corrected chi connectivity index (χ4v) is 1.45.